The number of nitrogen functional groups attached to an aromatic ring is 1. The molecular formula is C23H29N5O2S. The van der Waals surface area contributed by atoms with Gasteiger partial charge in [0.2, 0.25) is 0 Å². The second-order valence-electron chi connectivity index (χ2n) is 8.04. The molecule has 0 atom stereocenters. The highest BCUT2D eigenvalue weighted by Gasteiger charge is 2.23. The van der Waals surface area contributed by atoms with Crippen LogP contribution in [0.1, 0.15) is 47.0 Å². The number of anilines is 2. The van der Waals surface area contributed by atoms with E-state index in [0.717, 1.165) is 73.3 Å². The molecule has 3 aromatic heterocycles. The second kappa shape index (κ2) is 9.62. The summed E-state index contributed by atoms with van der Waals surface area (Å²) < 4.78 is 0. The summed E-state index contributed by atoms with van der Waals surface area (Å²) in [5.41, 5.74) is 8.93. The number of carboxylic acids is 1. The highest BCUT2D eigenvalue weighted by Crippen LogP contribution is 2.37. The van der Waals surface area contributed by atoms with Gasteiger partial charge in [-0.05, 0) is 61.6 Å². The van der Waals surface area contributed by atoms with Gasteiger partial charge >= 0.3 is 5.97 Å². The van der Waals surface area contributed by atoms with Crippen LogP contribution >= 0.6 is 11.3 Å². The number of piperidine rings is 1. The van der Waals surface area contributed by atoms with E-state index in [0.29, 0.717) is 11.7 Å². The smallest absolute Gasteiger partial charge is 0.348 e. The molecule has 0 saturated carbocycles. The van der Waals surface area contributed by atoms with E-state index in [1.807, 2.05) is 12.4 Å². The van der Waals surface area contributed by atoms with E-state index in [4.69, 9.17) is 10.7 Å². The molecule has 4 rings (SSSR count). The zero-order chi connectivity index (χ0) is 21.8. The lowest BCUT2D eigenvalue weighted by molar-refractivity contribution is 0.0703. The molecule has 0 radical (unpaired) electrons. The Morgan fingerprint density at radius 2 is 2.03 bits per heavy atom. The van der Waals surface area contributed by atoms with Gasteiger partial charge in [-0.2, -0.15) is 0 Å². The number of fused-ring (bicyclic) bond motifs is 1. The summed E-state index contributed by atoms with van der Waals surface area (Å²) in [4.78, 5) is 23.6. The van der Waals surface area contributed by atoms with Crippen molar-refractivity contribution in [2.45, 2.75) is 45.1 Å². The highest BCUT2D eigenvalue weighted by molar-refractivity contribution is 7.21. The van der Waals surface area contributed by atoms with E-state index in [1.54, 1.807) is 0 Å². The van der Waals surface area contributed by atoms with Gasteiger partial charge in [0, 0.05) is 36.9 Å². The van der Waals surface area contributed by atoms with E-state index in [2.05, 4.69) is 40.3 Å². The van der Waals surface area contributed by atoms with Crippen LogP contribution in [0.15, 0.2) is 30.6 Å². The molecule has 1 aliphatic heterocycles. The first-order valence-electron chi connectivity index (χ1n) is 10.9. The molecule has 7 nitrogen and oxygen atoms in total. The molecule has 4 heterocycles. The van der Waals surface area contributed by atoms with Gasteiger partial charge in [-0.25, -0.2) is 9.78 Å². The summed E-state index contributed by atoms with van der Waals surface area (Å²) >= 11 is 1.18. The average Bonchev–Trinajstić information content (AvgIpc) is 3.12. The van der Waals surface area contributed by atoms with Crippen molar-refractivity contribution < 1.29 is 9.90 Å². The molecule has 0 spiro atoms. The second-order valence-corrected chi connectivity index (χ2v) is 9.04. The number of thiophene rings is 1. The fourth-order valence-electron chi connectivity index (χ4n) is 4.25. The summed E-state index contributed by atoms with van der Waals surface area (Å²) in [5, 5.41) is 14.0. The topological polar surface area (TPSA) is 104 Å². The number of carboxylic acid groups (broad SMARTS) is 1. The standard InChI is InChI=1S/C23H29N5O2S/c1-2-3-16-14-18(27-22-19(16)20(24)21(31-22)23(29)30)28-12-7-17(8-13-28)26-11-6-15-4-9-25-10-5-15/h4-5,9-10,14,17,26H,2-3,6-8,11-13,24H2,1H3,(H,29,30). The molecule has 0 aromatic carbocycles. The normalized spacial score (nSPS) is 14.9. The van der Waals surface area contributed by atoms with Gasteiger partial charge in [0.1, 0.15) is 15.5 Å². The maximum atomic E-state index is 11.5. The minimum Gasteiger partial charge on any atom is -0.477 e. The molecule has 3 aromatic rings. The molecule has 4 N–H and O–H groups in total. The van der Waals surface area contributed by atoms with Gasteiger partial charge in [-0.15, -0.1) is 11.3 Å². The van der Waals surface area contributed by atoms with Gasteiger partial charge < -0.3 is 21.1 Å². The van der Waals surface area contributed by atoms with Crippen molar-refractivity contribution in [3.05, 3.63) is 46.6 Å². The zero-order valence-corrected chi connectivity index (χ0v) is 18.6. The van der Waals surface area contributed by atoms with Gasteiger partial charge in [-0.1, -0.05) is 13.3 Å². The Labute approximate surface area is 186 Å². The van der Waals surface area contributed by atoms with Crippen molar-refractivity contribution in [3.63, 3.8) is 0 Å². The van der Waals surface area contributed by atoms with Gasteiger partial charge in [0.25, 0.3) is 0 Å². The molecule has 164 valence electrons. The average molecular weight is 440 g/mol. The number of nitrogens with two attached hydrogens (primary N) is 1. The van der Waals surface area contributed by atoms with Crippen LogP contribution in [-0.2, 0) is 12.8 Å². The van der Waals surface area contributed by atoms with Crippen LogP contribution in [0.3, 0.4) is 0 Å². The van der Waals surface area contributed by atoms with E-state index in [1.165, 1.54) is 16.9 Å². The number of carbonyl (C=O) groups is 1. The van der Waals surface area contributed by atoms with E-state index >= 15 is 0 Å². The number of hydrogen-bond donors (Lipinski definition) is 3. The molecule has 31 heavy (non-hydrogen) atoms. The van der Waals surface area contributed by atoms with Crippen LogP contribution < -0.4 is 16.0 Å². The van der Waals surface area contributed by atoms with Crippen LogP contribution in [0.2, 0.25) is 0 Å². The Morgan fingerprint density at radius 3 is 2.71 bits per heavy atom. The lowest BCUT2D eigenvalue weighted by Gasteiger charge is -2.33. The summed E-state index contributed by atoms with van der Waals surface area (Å²) in [6.45, 7) is 4.95. The quantitative estimate of drug-likeness (QED) is 0.491. The third kappa shape index (κ3) is 4.80. The van der Waals surface area contributed by atoms with E-state index in [-0.39, 0.29) is 4.88 Å². The SMILES string of the molecule is CCCc1cc(N2CCC(NCCc3ccncc3)CC2)nc2sc(C(=O)O)c(N)c12. The van der Waals surface area contributed by atoms with Crippen LogP contribution in [0.25, 0.3) is 10.2 Å². The summed E-state index contributed by atoms with van der Waals surface area (Å²) in [7, 11) is 0. The van der Waals surface area contributed by atoms with Crippen LogP contribution in [0.4, 0.5) is 11.5 Å². The Bertz CT molecular complexity index is 1050. The third-order valence-corrected chi connectivity index (χ3v) is 6.98. The molecule has 0 aliphatic carbocycles. The maximum absolute atomic E-state index is 11.5. The van der Waals surface area contributed by atoms with Crippen LogP contribution in [-0.4, -0.2) is 46.7 Å². The number of rotatable bonds is 8. The number of nitrogens with zero attached hydrogens (tertiary/aromatic N) is 3. The Hall–Kier alpha value is -2.71. The number of aromatic nitrogens is 2. The molecule has 1 fully saturated rings. The van der Waals surface area contributed by atoms with Crippen molar-refractivity contribution in [1.29, 1.82) is 0 Å². The first-order valence-corrected chi connectivity index (χ1v) is 11.7. The highest BCUT2D eigenvalue weighted by atomic mass is 32.1. The zero-order valence-electron chi connectivity index (χ0n) is 17.8. The van der Waals surface area contributed by atoms with Gasteiger partial charge in [0.15, 0.2) is 0 Å². The fourth-order valence-corrected chi connectivity index (χ4v) is 5.23. The molecule has 0 bridgehead atoms. The molecule has 1 saturated heterocycles. The summed E-state index contributed by atoms with van der Waals surface area (Å²) in [6, 6.07) is 6.74. The van der Waals surface area contributed by atoms with Crippen molar-refractivity contribution >= 4 is 39.0 Å². The van der Waals surface area contributed by atoms with Crippen molar-refractivity contribution in [3.8, 4) is 0 Å². The molecule has 1 aliphatic rings. The molecular weight excluding hydrogens is 410 g/mol. The summed E-state index contributed by atoms with van der Waals surface area (Å²) in [5.74, 6) is -0.0486. The van der Waals surface area contributed by atoms with Crippen LogP contribution in [0.5, 0.6) is 0 Å². The maximum Gasteiger partial charge on any atom is 0.348 e. The number of nitrogens with one attached hydrogen (secondary N) is 1. The predicted molar refractivity (Wildman–Crippen MR) is 126 cm³/mol. The van der Waals surface area contributed by atoms with Crippen LogP contribution in [0, 0.1) is 0 Å². The largest absolute Gasteiger partial charge is 0.477 e. The monoisotopic (exact) mass is 439 g/mol. The van der Waals surface area contributed by atoms with Gasteiger partial charge in [0.05, 0.1) is 5.69 Å². The lowest BCUT2D eigenvalue weighted by atomic mass is 10.0. The minimum atomic E-state index is -0.983. The fraction of sp³-hybridized carbons (Fsp3) is 0.435. The number of aromatic carboxylic acids is 1. The minimum absolute atomic E-state index is 0.189. The Balaban J connectivity index is 1.43. The molecule has 0 amide bonds. The molecule has 0 unspecified atom stereocenters. The Morgan fingerprint density at radius 1 is 1.29 bits per heavy atom. The van der Waals surface area contributed by atoms with E-state index in [9.17, 15) is 9.90 Å². The third-order valence-electron chi connectivity index (χ3n) is 5.90. The van der Waals surface area contributed by atoms with Crippen molar-refractivity contribution in [2.75, 3.05) is 30.3 Å². The van der Waals surface area contributed by atoms with Gasteiger partial charge in [-0.3, -0.25) is 4.98 Å². The van der Waals surface area contributed by atoms with E-state index < -0.39 is 5.97 Å². The number of pyridine rings is 2. The number of aryl methyl sites for hydroxylation is 1. The Kier molecular flexibility index (Phi) is 6.67. The predicted octanol–water partition coefficient (Wildman–Crippen LogP) is 3.73. The lowest BCUT2D eigenvalue weighted by Crippen LogP contribution is -2.43. The first-order chi connectivity index (χ1) is 15.1. The molecule has 8 heteroatoms. The first kappa shape index (κ1) is 21.5. The van der Waals surface area contributed by atoms with Crippen molar-refractivity contribution in [1.82, 2.24) is 15.3 Å². The summed E-state index contributed by atoms with van der Waals surface area (Å²) in [6.07, 6.45) is 8.64. The van der Waals surface area contributed by atoms with Crippen molar-refractivity contribution in [2.24, 2.45) is 0 Å². The number of hydrogen-bond acceptors (Lipinski definition) is 7.